The van der Waals surface area contributed by atoms with Crippen LogP contribution in [0.25, 0.3) is 0 Å². The summed E-state index contributed by atoms with van der Waals surface area (Å²) in [5, 5.41) is 11.8. The Bertz CT molecular complexity index is 879. The standard InChI is InChI=1S/C30H46O3/c1-19(2)20(3)8-9-21(4)25-10-11-26-24-13-17-30(32)18-23(33-22(5)31)12-16-29(30,7)27(24)14-15-28(25,26)6/h8-9,11,19-21,23,25,32H,10,12-18H2,1-7H3/b9-8+/t20-,21+,23+,25-,28-,29+,30+/m0/s1. The van der Waals surface area contributed by atoms with Crippen molar-refractivity contribution in [2.75, 3.05) is 0 Å². The first-order valence-electron chi connectivity index (χ1n) is 13.4. The molecule has 1 N–H and O–H groups in total. The first kappa shape index (κ1) is 24.8. The molecule has 4 rings (SSSR count). The van der Waals surface area contributed by atoms with Crippen LogP contribution < -0.4 is 0 Å². The molecular weight excluding hydrogens is 408 g/mol. The fourth-order valence-corrected chi connectivity index (χ4v) is 7.68. The number of carbonyl (C=O) groups excluding carboxylic acids is 1. The predicted molar refractivity (Wildman–Crippen MR) is 135 cm³/mol. The molecule has 33 heavy (non-hydrogen) atoms. The van der Waals surface area contributed by atoms with Crippen LogP contribution in [0.3, 0.4) is 0 Å². The summed E-state index contributed by atoms with van der Waals surface area (Å²) < 4.78 is 5.53. The molecule has 0 aromatic heterocycles. The fourth-order valence-electron chi connectivity index (χ4n) is 7.68. The van der Waals surface area contributed by atoms with Crippen LogP contribution in [0.4, 0.5) is 0 Å². The van der Waals surface area contributed by atoms with Crippen molar-refractivity contribution in [2.45, 2.75) is 112 Å². The quantitative estimate of drug-likeness (QED) is 0.354. The molecule has 0 amide bonds. The Kier molecular flexibility index (Phi) is 6.53. The van der Waals surface area contributed by atoms with E-state index in [0.717, 1.165) is 32.1 Å². The SMILES string of the molecule is CC(=O)O[C@@H]1CC[C@]2(C)C3=C(CC[C@@]2(O)C1)C1=CC[C@@H]([C@H](C)/C=C/[C@H](C)C(C)C)[C@]1(C)CC3. The van der Waals surface area contributed by atoms with E-state index in [0.29, 0.717) is 30.1 Å². The van der Waals surface area contributed by atoms with E-state index < -0.39 is 5.60 Å². The van der Waals surface area contributed by atoms with E-state index in [2.05, 4.69) is 59.8 Å². The monoisotopic (exact) mass is 454 g/mol. The Labute approximate surface area is 201 Å². The molecule has 184 valence electrons. The van der Waals surface area contributed by atoms with Crippen molar-refractivity contribution in [2.24, 2.45) is 34.5 Å². The molecule has 4 aliphatic carbocycles. The molecule has 0 bridgehead atoms. The first-order valence-corrected chi connectivity index (χ1v) is 13.4. The minimum absolute atomic E-state index is 0.146. The Morgan fingerprint density at radius 3 is 2.52 bits per heavy atom. The molecule has 3 heteroatoms. The minimum atomic E-state index is -0.764. The Balaban J connectivity index is 1.58. The molecule has 1 fully saturated rings. The molecule has 0 spiro atoms. The van der Waals surface area contributed by atoms with Gasteiger partial charge in [-0.05, 0) is 85.2 Å². The summed E-state index contributed by atoms with van der Waals surface area (Å²) in [6.45, 7) is 15.6. The zero-order chi connectivity index (χ0) is 24.2. The predicted octanol–water partition coefficient (Wildman–Crippen LogP) is 7.16. The van der Waals surface area contributed by atoms with Crippen molar-refractivity contribution < 1.29 is 14.6 Å². The van der Waals surface area contributed by atoms with Crippen LogP contribution in [-0.2, 0) is 9.53 Å². The second-order valence-corrected chi connectivity index (χ2v) is 12.5. The molecule has 0 saturated heterocycles. The summed E-state index contributed by atoms with van der Waals surface area (Å²) in [7, 11) is 0. The Hall–Kier alpha value is -1.35. The zero-order valence-corrected chi connectivity index (χ0v) is 22.0. The van der Waals surface area contributed by atoms with Gasteiger partial charge in [-0.1, -0.05) is 65.3 Å². The maximum atomic E-state index is 11.8. The van der Waals surface area contributed by atoms with Crippen LogP contribution in [0.1, 0.15) is 99.8 Å². The van der Waals surface area contributed by atoms with E-state index in [1.54, 1.807) is 11.1 Å². The van der Waals surface area contributed by atoms with Crippen molar-refractivity contribution in [1.29, 1.82) is 0 Å². The van der Waals surface area contributed by atoms with Crippen LogP contribution in [0.15, 0.2) is 34.9 Å². The van der Waals surface area contributed by atoms with Gasteiger partial charge in [0.1, 0.15) is 6.10 Å². The summed E-state index contributed by atoms with van der Waals surface area (Å²) in [4.78, 5) is 11.5. The average Bonchev–Trinajstić information content (AvgIpc) is 3.09. The third-order valence-corrected chi connectivity index (χ3v) is 10.3. The molecular formula is C30H46O3. The lowest BCUT2D eigenvalue weighted by molar-refractivity contribution is -0.166. The Morgan fingerprint density at radius 1 is 1.12 bits per heavy atom. The number of aliphatic hydroxyl groups is 1. The fraction of sp³-hybridized carbons (Fsp3) is 0.767. The summed E-state index contributed by atoms with van der Waals surface area (Å²) in [5.41, 5.74) is 3.95. The van der Waals surface area contributed by atoms with Gasteiger partial charge in [-0.15, -0.1) is 0 Å². The van der Waals surface area contributed by atoms with Gasteiger partial charge in [-0.25, -0.2) is 0 Å². The van der Waals surface area contributed by atoms with Gasteiger partial charge in [0.05, 0.1) is 5.60 Å². The maximum absolute atomic E-state index is 11.8. The summed E-state index contributed by atoms with van der Waals surface area (Å²) in [6, 6.07) is 0. The van der Waals surface area contributed by atoms with E-state index in [1.165, 1.54) is 25.3 Å². The molecule has 0 aromatic carbocycles. The summed E-state index contributed by atoms with van der Waals surface area (Å²) in [5.74, 6) is 2.30. The van der Waals surface area contributed by atoms with Crippen LogP contribution >= 0.6 is 0 Å². The molecule has 7 atom stereocenters. The molecule has 1 saturated carbocycles. The number of hydrogen-bond acceptors (Lipinski definition) is 3. The van der Waals surface area contributed by atoms with Crippen molar-refractivity contribution >= 4 is 5.97 Å². The topological polar surface area (TPSA) is 46.5 Å². The second-order valence-electron chi connectivity index (χ2n) is 12.5. The van der Waals surface area contributed by atoms with Crippen LogP contribution in [0.2, 0.25) is 0 Å². The van der Waals surface area contributed by atoms with Crippen LogP contribution in [-0.4, -0.2) is 22.8 Å². The van der Waals surface area contributed by atoms with E-state index >= 15 is 0 Å². The third-order valence-electron chi connectivity index (χ3n) is 10.3. The summed E-state index contributed by atoms with van der Waals surface area (Å²) in [6.07, 6.45) is 14.8. The minimum Gasteiger partial charge on any atom is -0.462 e. The van der Waals surface area contributed by atoms with Gasteiger partial charge >= 0.3 is 5.97 Å². The third kappa shape index (κ3) is 4.07. The van der Waals surface area contributed by atoms with Gasteiger partial charge in [0.15, 0.2) is 0 Å². The van der Waals surface area contributed by atoms with E-state index in [-0.39, 0.29) is 22.9 Å². The first-order chi connectivity index (χ1) is 15.4. The molecule has 0 heterocycles. The lowest BCUT2D eigenvalue weighted by Gasteiger charge is -2.58. The van der Waals surface area contributed by atoms with E-state index in [1.807, 2.05) is 0 Å². The van der Waals surface area contributed by atoms with Crippen molar-refractivity contribution in [3.05, 3.63) is 34.9 Å². The van der Waals surface area contributed by atoms with E-state index in [4.69, 9.17) is 4.74 Å². The highest BCUT2D eigenvalue weighted by molar-refractivity contribution is 5.66. The number of hydrogen-bond donors (Lipinski definition) is 1. The van der Waals surface area contributed by atoms with Gasteiger partial charge < -0.3 is 9.84 Å². The van der Waals surface area contributed by atoms with Crippen LogP contribution in [0, 0.1) is 34.5 Å². The number of rotatable bonds is 5. The number of allylic oxidation sites excluding steroid dienone is 5. The Morgan fingerprint density at radius 2 is 1.85 bits per heavy atom. The lowest BCUT2D eigenvalue weighted by Crippen LogP contribution is -2.56. The molecule has 3 nitrogen and oxygen atoms in total. The smallest absolute Gasteiger partial charge is 0.302 e. The van der Waals surface area contributed by atoms with Crippen LogP contribution in [0.5, 0.6) is 0 Å². The zero-order valence-electron chi connectivity index (χ0n) is 22.0. The molecule has 0 radical (unpaired) electrons. The highest BCUT2D eigenvalue weighted by Gasteiger charge is 2.59. The maximum Gasteiger partial charge on any atom is 0.302 e. The average molecular weight is 455 g/mol. The largest absolute Gasteiger partial charge is 0.462 e. The van der Waals surface area contributed by atoms with Crippen molar-refractivity contribution in [3.63, 3.8) is 0 Å². The number of esters is 1. The van der Waals surface area contributed by atoms with E-state index in [9.17, 15) is 9.90 Å². The van der Waals surface area contributed by atoms with Crippen molar-refractivity contribution in [1.82, 2.24) is 0 Å². The molecule has 0 aliphatic heterocycles. The molecule has 0 aromatic rings. The number of ether oxygens (including phenoxy) is 1. The van der Waals surface area contributed by atoms with Crippen molar-refractivity contribution in [3.8, 4) is 0 Å². The number of fused-ring (bicyclic) bond motifs is 4. The van der Waals surface area contributed by atoms with Gasteiger partial charge in [-0.3, -0.25) is 4.79 Å². The van der Waals surface area contributed by atoms with Gasteiger partial charge in [0, 0.05) is 18.8 Å². The highest BCUT2D eigenvalue weighted by atomic mass is 16.5. The molecule has 4 aliphatic rings. The van der Waals surface area contributed by atoms with Gasteiger partial charge in [0.25, 0.3) is 0 Å². The normalized spacial score (nSPS) is 40.2. The lowest BCUT2D eigenvalue weighted by atomic mass is 9.50. The van der Waals surface area contributed by atoms with Gasteiger partial charge in [-0.2, -0.15) is 0 Å². The summed E-state index contributed by atoms with van der Waals surface area (Å²) >= 11 is 0. The molecule has 0 unspecified atom stereocenters. The van der Waals surface area contributed by atoms with Gasteiger partial charge in [0.2, 0.25) is 0 Å². The second kappa shape index (κ2) is 8.70. The highest BCUT2D eigenvalue weighted by Crippen LogP contribution is 2.65. The number of carbonyl (C=O) groups is 1.